The van der Waals surface area contributed by atoms with Crippen LogP contribution in [0.2, 0.25) is 0 Å². The average molecular weight is 413 g/mol. The van der Waals surface area contributed by atoms with E-state index in [0.717, 1.165) is 10.0 Å². The topological polar surface area (TPSA) is 65.9 Å². The van der Waals surface area contributed by atoms with Gasteiger partial charge < -0.3 is 9.72 Å². The van der Waals surface area contributed by atoms with Gasteiger partial charge in [-0.3, -0.25) is 4.79 Å². The number of nitrogens with one attached hydrogen (secondary N) is 1. The first kappa shape index (κ1) is 17.9. The molecule has 0 bridgehead atoms. The first-order valence-electron chi connectivity index (χ1n) is 7.79. The van der Waals surface area contributed by atoms with Crippen molar-refractivity contribution in [1.82, 2.24) is 4.98 Å². The van der Waals surface area contributed by atoms with Crippen LogP contribution in [0.1, 0.15) is 16.8 Å². The number of aromatic amines is 1. The van der Waals surface area contributed by atoms with Gasteiger partial charge in [0.25, 0.3) is 5.56 Å². The van der Waals surface area contributed by atoms with Gasteiger partial charge in [-0.05, 0) is 48.9 Å². The van der Waals surface area contributed by atoms with Crippen molar-refractivity contribution in [2.45, 2.75) is 13.5 Å². The molecule has 130 valence electrons. The van der Waals surface area contributed by atoms with Crippen molar-refractivity contribution in [2.24, 2.45) is 0 Å². The minimum atomic E-state index is -0.404. The molecule has 0 amide bonds. The standard InChI is InChI=1S/C20H14BrFN2O2/c1-12-8-17(18(10-23)20(25)24-12)13-2-5-16(6-3-13)26-11-14-9-15(22)4-7-19(14)21/h2-9H,11H2,1H3,(H,24,25). The van der Waals surface area contributed by atoms with E-state index < -0.39 is 5.56 Å². The molecule has 1 heterocycles. The summed E-state index contributed by atoms with van der Waals surface area (Å²) in [6.07, 6.45) is 0. The first-order chi connectivity index (χ1) is 12.5. The third kappa shape index (κ3) is 3.84. The lowest BCUT2D eigenvalue weighted by Gasteiger charge is -2.10. The summed E-state index contributed by atoms with van der Waals surface area (Å²) in [5.74, 6) is 0.279. The van der Waals surface area contributed by atoms with Crippen molar-refractivity contribution in [1.29, 1.82) is 5.26 Å². The van der Waals surface area contributed by atoms with Gasteiger partial charge in [0.1, 0.15) is 29.8 Å². The number of hydrogen-bond acceptors (Lipinski definition) is 3. The van der Waals surface area contributed by atoms with Gasteiger partial charge in [0.15, 0.2) is 0 Å². The SMILES string of the molecule is Cc1cc(-c2ccc(OCc3cc(F)ccc3Br)cc2)c(C#N)c(=O)[nH]1. The number of pyridine rings is 1. The van der Waals surface area contributed by atoms with Gasteiger partial charge in [-0.15, -0.1) is 0 Å². The number of benzene rings is 2. The molecule has 0 radical (unpaired) electrons. The maximum Gasteiger partial charge on any atom is 0.266 e. The van der Waals surface area contributed by atoms with Gasteiger partial charge in [0.2, 0.25) is 0 Å². The molecule has 0 aliphatic rings. The zero-order chi connectivity index (χ0) is 18.7. The molecule has 1 N–H and O–H groups in total. The molecule has 0 fully saturated rings. The fourth-order valence-electron chi connectivity index (χ4n) is 2.57. The molecule has 3 rings (SSSR count). The lowest BCUT2D eigenvalue weighted by molar-refractivity contribution is 0.305. The Hall–Kier alpha value is -2.91. The van der Waals surface area contributed by atoms with Gasteiger partial charge >= 0.3 is 0 Å². The predicted molar refractivity (Wildman–Crippen MR) is 100 cm³/mol. The molecule has 0 atom stereocenters. The summed E-state index contributed by atoms with van der Waals surface area (Å²) in [7, 11) is 0. The molecule has 26 heavy (non-hydrogen) atoms. The normalized spacial score (nSPS) is 10.4. The summed E-state index contributed by atoms with van der Waals surface area (Å²) in [4.78, 5) is 14.5. The van der Waals surface area contributed by atoms with Crippen molar-refractivity contribution < 1.29 is 9.13 Å². The number of aryl methyl sites for hydroxylation is 1. The monoisotopic (exact) mass is 412 g/mol. The van der Waals surface area contributed by atoms with Crippen LogP contribution in [0.5, 0.6) is 5.75 Å². The zero-order valence-electron chi connectivity index (χ0n) is 13.8. The molecule has 6 heteroatoms. The van der Waals surface area contributed by atoms with Gasteiger partial charge in [0.05, 0.1) is 0 Å². The second kappa shape index (κ2) is 7.54. The van der Waals surface area contributed by atoms with E-state index in [2.05, 4.69) is 20.9 Å². The average Bonchev–Trinajstić information content (AvgIpc) is 2.62. The van der Waals surface area contributed by atoms with Gasteiger partial charge in [-0.25, -0.2) is 4.39 Å². The van der Waals surface area contributed by atoms with Gasteiger partial charge in [-0.1, -0.05) is 28.1 Å². The highest BCUT2D eigenvalue weighted by molar-refractivity contribution is 9.10. The van der Waals surface area contributed by atoms with Crippen LogP contribution in [0, 0.1) is 24.1 Å². The number of rotatable bonds is 4. The van der Waals surface area contributed by atoms with Crippen LogP contribution in [0.4, 0.5) is 4.39 Å². The van der Waals surface area contributed by atoms with Crippen LogP contribution < -0.4 is 10.3 Å². The van der Waals surface area contributed by atoms with E-state index in [9.17, 15) is 14.4 Å². The summed E-state index contributed by atoms with van der Waals surface area (Å²) in [6.45, 7) is 1.98. The maximum absolute atomic E-state index is 13.3. The Morgan fingerprint density at radius 1 is 1.19 bits per heavy atom. The number of hydrogen-bond donors (Lipinski definition) is 1. The molecule has 0 spiro atoms. The number of H-pyrrole nitrogens is 1. The van der Waals surface area contributed by atoms with Crippen molar-refractivity contribution in [3.63, 3.8) is 0 Å². The van der Waals surface area contributed by atoms with Crippen LogP contribution in [-0.2, 0) is 6.61 Å². The molecule has 0 saturated carbocycles. The molecule has 2 aromatic carbocycles. The van der Waals surface area contributed by atoms with E-state index in [4.69, 9.17) is 4.74 Å². The molecule has 3 aromatic rings. The molecular formula is C20H14BrFN2O2. The molecule has 0 aliphatic carbocycles. The quantitative estimate of drug-likeness (QED) is 0.674. The molecule has 0 unspecified atom stereocenters. The number of ether oxygens (including phenoxy) is 1. The van der Waals surface area contributed by atoms with E-state index in [-0.39, 0.29) is 18.0 Å². The highest BCUT2D eigenvalue weighted by Crippen LogP contribution is 2.26. The smallest absolute Gasteiger partial charge is 0.266 e. The summed E-state index contributed by atoms with van der Waals surface area (Å²) >= 11 is 3.37. The lowest BCUT2D eigenvalue weighted by Crippen LogP contribution is -2.12. The lowest BCUT2D eigenvalue weighted by atomic mass is 10.0. The number of aromatic nitrogens is 1. The van der Waals surface area contributed by atoms with Crippen LogP contribution in [-0.4, -0.2) is 4.98 Å². The van der Waals surface area contributed by atoms with Crippen molar-refractivity contribution >= 4 is 15.9 Å². The highest BCUT2D eigenvalue weighted by atomic mass is 79.9. The Kier molecular flexibility index (Phi) is 5.19. The second-order valence-corrected chi connectivity index (χ2v) is 6.59. The van der Waals surface area contributed by atoms with E-state index >= 15 is 0 Å². The van der Waals surface area contributed by atoms with E-state index in [1.807, 2.05) is 6.07 Å². The van der Waals surface area contributed by atoms with Crippen LogP contribution in [0.3, 0.4) is 0 Å². The van der Waals surface area contributed by atoms with Crippen molar-refractivity contribution in [3.05, 3.63) is 86.0 Å². The Bertz CT molecular complexity index is 1050. The van der Waals surface area contributed by atoms with Crippen LogP contribution in [0.15, 0.2) is 57.8 Å². The first-order valence-corrected chi connectivity index (χ1v) is 8.58. The van der Waals surface area contributed by atoms with Gasteiger partial charge in [0, 0.05) is 21.3 Å². The van der Waals surface area contributed by atoms with Gasteiger partial charge in [-0.2, -0.15) is 5.26 Å². The molecule has 0 saturated heterocycles. The summed E-state index contributed by atoms with van der Waals surface area (Å²) in [5.41, 5.74) is 2.38. The minimum Gasteiger partial charge on any atom is -0.489 e. The fourth-order valence-corrected chi connectivity index (χ4v) is 2.93. The minimum absolute atomic E-state index is 0.0768. The Morgan fingerprint density at radius 3 is 2.62 bits per heavy atom. The maximum atomic E-state index is 13.3. The van der Waals surface area contributed by atoms with Crippen LogP contribution >= 0.6 is 15.9 Å². The summed E-state index contributed by atoms with van der Waals surface area (Å²) in [5, 5.41) is 9.23. The van der Waals surface area contributed by atoms with Crippen LogP contribution in [0.25, 0.3) is 11.1 Å². The van der Waals surface area contributed by atoms with Crippen molar-refractivity contribution in [3.8, 4) is 22.9 Å². The number of nitriles is 1. The number of nitrogens with zero attached hydrogens (tertiary/aromatic N) is 1. The third-order valence-corrected chi connectivity index (χ3v) is 4.62. The van der Waals surface area contributed by atoms with E-state index in [0.29, 0.717) is 22.6 Å². The zero-order valence-corrected chi connectivity index (χ0v) is 15.4. The van der Waals surface area contributed by atoms with E-state index in [1.165, 1.54) is 12.1 Å². The second-order valence-electron chi connectivity index (χ2n) is 5.73. The summed E-state index contributed by atoms with van der Waals surface area (Å²) in [6, 6.07) is 15.2. The largest absolute Gasteiger partial charge is 0.489 e. The predicted octanol–water partition coefficient (Wildman–Crippen LogP) is 4.70. The molecule has 4 nitrogen and oxygen atoms in total. The van der Waals surface area contributed by atoms with E-state index in [1.54, 1.807) is 43.3 Å². The summed E-state index contributed by atoms with van der Waals surface area (Å²) < 4.78 is 19.8. The Balaban J connectivity index is 1.83. The molecular weight excluding hydrogens is 399 g/mol. The number of halogens is 2. The highest BCUT2D eigenvalue weighted by Gasteiger charge is 2.10. The third-order valence-electron chi connectivity index (χ3n) is 3.85. The molecule has 1 aromatic heterocycles. The Labute approximate surface area is 158 Å². The fraction of sp³-hybridized carbons (Fsp3) is 0.100. The Morgan fingerprint density at radius 2 is 1.92 bits per heavy atom. The van der Waals surface area contributed by atoms with Crippen molar-refractivity contribution in [2.75, 3.05) is 0 Å². The molecule has 0 aliphatic heterocycles.